The second-order valence-corrected chi connectivity index (χ2v) is 3.10. The van der Waals surface area contributed by atoms with Gasteiger partial charge in [0.2, 0.25) is 0 Å². The molecule has 0 fully saturated rings. The Balaban J connectivity index is 2.62. The van der Waals surface area contributed by atoms with Gasteiger partial charge in [-0.25, -0.2) is 0 Å². The highest BCUT2D eigenvalue weighted by Crippen LogP contribution is 2.07. The van der Waals surface area contributed by atoms with Gasteiger partial charge in [-0.2, -0.15) is 0 Å². The molecular formula is C10H14N2O. The van der Waals surface area contributed by atoms with Crippen LogP contribution < -0.4 is 5.73 Å². The van der Waals surface area contributed by atoms with Gasteiger partial charge in [-0.15, -0.1) is 0 Å². The molecule has 2 N–H and O–H groups in total. The lowest BCUT2D eigenvalue weighted by atomic mass is 9.97. The Kier molecular flexibility index (Phi) is 3.58. The summed E-state index contributed by atoms with van der Waals surface area (Å²) < 4.78 is 0. The van der Waals surface area contributed by atoms with E-state index < -0.39 is 0 Å². The highest BCUT2D eigenvalue weighted by Gasteiger charge is 2.12. The molecule has 3 nitrogen and oxygen atoms in total. The number of Topliss-reactive ketones (excluding diaryl/α,β-unsaturated/α-hetero) is 1. The first kappa shape index (κ1) is 9.86. The van der Waals surface area contributed by atoms with E-state index in [9.17, 15) is 4.79 Å². The summed E-state index contributed by atoms with van der Waals surface area (Å²) in [6, 6.07) is 3.82. The largest absolute Gasteiger partial charge is 0.330 e. The first-order valence-electron chi connectivity index (χ1n) is 4.33. The van der Waals surface area contributed by atoms with E-state index in [1.54, 1.807) is 19.3 Å². The second kappa shape index (κ2) is 4.72. The average Bonchev–Trinajstić information content (AvgIpc) is 2.15. The average molecular weight is 178 g/mol. The van der Waals surface area contributed by atoms with Gasteiger partial charge in [0.25, 0.3) is 0 Å². The van der Waals surface area contributed by atoms with Gasteiger partial charge in [0, 0.05) is 24.9 Å². The highest BCUT2D eigenvalue weighted by molar-refractivity contribution is 5.78. The molecule has 0 amide bonds. The lowest BCUT2D eigenvalue weighted by Crippen LogP contribution is -2.23. The van der Waals surface area contributed by atoms with Crippen LogP contribution in [0.1, 0.15) is 12.5 Å². The second-order valence-electron chi connectivity index (χ2n) is 3.10. The van der Waals surface area contributed by atoms with Crippen molar-refractivity contribution in [2.75, 3.05) is 6.54 Å². The van der Waals surface area contributed by atoms with E-state index in [1.807, 2.05) is 12.1 Å². The van der Waals surface area contributed by atoms with Gasteiger partial charge in [-0.3, -0.25) is 9.78 Å². The Hall–Kier alpha value is -1.22. The quantitative estimate of drug-likeness (QED) is 0.741. The number of hydrogen-bond acceptors (Lipinski definition) is 3. The molecule has 0 aromatic carbocycles. The molecule has 3 heteroatoms. The fourth-order valence-electron chi connectivity index (χ4n) is 1.20. The van der Waals surface area contributed by atoms with Crippen LogP contribution in [0.15, 0.2) is 24.5 Å². The normalized spacial score (nSPS) is 12.5. The lowest BCUT2D eigenvalue weighted by molar-refractivity contribution is -0.120. The Labute approximate surface area is 78.0 Å². The molecule has 1 aromatic rings. The molecule has 70 valence electrons. The van der Waals surface area contributed by atoms with Crippen LogP contribution in [0.5, 0.6) is 0 Å². The molecule has 0 aliphatic heterocycles. The maximum atomic E-state index is 11.1. The van der Waals surface area contributed by atoms with Crippen molar-refractivity contribution in [2.45, 2.75) is 13.3 Å². The van der Waals surface area contributed by atoms with Crippen LogP contribution in [0.4, 0.5) is 0 Å². The third-order valence-electron chi connectivity index (χ3n) is 2.09. The van der Waals surface area contributed by atoms with E-state index in [2.05, 4.69) is 4.98 Å². The van der Waals surface area contributed by atoms with Gasteiger partial charge in [0.15, 0.2) is 0 Å². The maximum Gasteiger partial charge on any atom is 0.134 e. The minimum Gasteiger partial charge on any atom is -0.330 e. The smallest absolute Gasteiger partial charge is 0.134 e. The number of nitrogens with zero attached hydrogens (tertiary/aromatic N) is 1. The Morgan fingerprint density at radius 3 is 2.62 bits per heavy atom. The van der Waals surface area contributed by atoms with Crippen molar-refractivity contribution in [1.82, 2.24) is 4.98 Å². The SMILES string of the molecule is CC(=O)C(CN)Cc1ccncc1. The Morgan fingerprint density at radius 1 is 1.54 bits per heavy atom. The summed E-state index contributed by atoms with van der Waals surface area (Å²) in [6.45, 7) is 2.00. The van der Waals surface area contributed by atoms with E-state index in [4.69, 9.17) is 5.73 Å². The monoisotopic (exact) mass is 178 g/mol. The van der Waals surface area contributed by atoms with Crippen molar-refractivity contribution in [1.29, 1.82) is 0 Å². The van der Waals surface area contributed by atoms with Crippen LogP contribution in [-0.2, 0) is 11.2 Å². The van der Waals surface area contributed by atoms with Gasteiger partial charge in [0.1, 0.15) is 5.78 Å². The number of ketones is 1. The third-order valence-corrected chi connectivity index (χ3v) is 2.09. The first-order chi connectivity index (χ1) is 6.24. The van der Waals surface area contributed by atoms with Crippen molar-refractivity contribution in [2.24, 2.45) is 11.7 Å². The van der Waals surface area contributed by atoms with Gasteiger partial charge in [-0.1, -0.05) is 0 Å². The molecule has 1 rings (SSSR count). The van der Waals surface area contributed by atoms with Gasteiger partial charge < -0.3 is 5.73 Å². The molecule has 13 heavy (non-hydrogen) atoms. The topological polar surface area (TPSA) is 56.0 Å². The molecule has 0 saturated carbocycles. The summed E-state index contributed by atoms with van der Waals surface area (Å²) in [7, 11) is 0. The summed E-state index contributed by atoms with van der Waals surface area (Å²) >= 11 is 0. The number of aromatic nitrogens is 1. The van der Waals surface area contributed by atoms with Crippen molar-refractivity contribution in [3.8, 4) is 0 Å². The van der Waals surface area contributed by atoms with Crippen molar-refractivity contribution in [3.63, 3.8) is 0 Å². The standard InChI is InChI=1S/C10H14N2O/c1-8(13)10(7-11)6-9-2-4-12-5-3-9/h2-5,10H,6-7,11H2,1H3. The Morgan fingerprint density at radius 2 is 2.15 bits per heavy atom. The first-order valence-corrected chi connectivity index (χ1v) is 4.33. The van der Waals surface area contributed by atoms with Crippen molar-refractivity contribution >= 4 is 5.78 Å². The summed E-state index contributed by atoms with van der Waals surface area (Å²) in [5.41, 5.74) is 6.60. The fourth-order valence-corrected chi connectivity index (χ4v) is 1.20. The van der Waals surface area contributed by atoms with E-state index in [1.165, 1.54) is 0 Å². The van der Waals surface area contributed by atoms with Crippen LogP contribution in [-0.4, -0.2) is 17.3 Å². The maximum absolute atomic E-state index is 11.1. The summed E-state index contributed by atoms with van der Waals surface area (Å²) in [4.78, 5) is 15.0. The molecule has 0 aliphatic rings. The number of hydrogen-bond donors (Lipinski definition) is 1. The van der Waals surface area contributed by atoms with Crippen molar-refractivity contribution < 1.29 is 4.79 Å². The van der Waals surface area contributed by atoms with Crippen LogP contribution >= 0.6 is 0 Å². The molecular weight excluding hydrogens is 164 g/mol. The van der Waals surface area contributed by atoms with Crippen LogP contribution in [0.25, 0.3) is 0 Å². The zero-order chi connectivity index (χ0) is 9.68. The molecule has 1 heterocycles. The molecule has 0 spiro atoms. The fraction of sp³-hybridized carbons (Fsp3) is 0.400. The summed E-state index contributed by atoms with van der Waals surface area (Å²) in [5, 5.41) is 0. The minimum absolute atomic E-state index is 0.0533. The van der Waals surface area contributed by atoms with E-state index in [0.717, 1.165) is 5.56 Å². The van der Waals surface area contributed by atoms with Crippen LogP contribution in [0.2, 0.25) is 0 Å². The van der Waals surface area contributed by atoms with Crippen LogP contribution in [0, 0.1) is 5.92 Å². The van der Waals surface area contributed by atoms with E-state index in [0.29, 0.717) is 13.0 Å². The highest BCUT2D eigenvalue weighted by atomic mass is 16.1. The number of carbonyl (C=O) groups excluding carboxylic acids is 1. The van der Waals surface area contributed by atoms with E-state index >= 15 is 0 Å². The summed E-state index contributed by atoms with van der Waals surface area (Å²) in [6.07, 6.45) is 4.17. The van der Waals surface area contributed by atoms with Crippen LogP contribution in [0.3, 0.4) is 0 Å². The molecule has 0 radical (unpaired) electrons. The van der Waals surface area contributed by atoms with Gasteiger partial charge >= 0.3 is 0 Å². The number of carbonyl (C=O) groups is 1. The molecule has 0 bridgehead atoms. The minimum atomic E-state index is -0.0533. The number of pyridine rings is 1. The predicted octanol–water partition coefficient (Wildman–Crippen LogP) is 0.788. The number of nitrogens with two attached hydrogens (primary N) is 1. The molecule has 1 unspecified atom stereocenters. The third kappa shape index (κ3) is 2.95. The molecule has 1 aromatic heterocycles. The lowest BCUT2D eigenvalue weighted by Gasteiger charge is -2.10. The summed E-state index contributed by atoms with van der Waals surface area (Å²) in [5.74, 6) is 0.0988. The molecule has 0 saturated heterocycles. The zero-order valence-corrected chi connectivity index (χ0v) is 7.73. The van der Waals surface area contributed by atoms with Crippen molar-refractivity contribution in [3.05, 3.63) is 30.1 Å². The Bertz CT molecular complexity index is 272. The predicted molar refractivity (Wildman–Crippen MR) is 51.2 cm³/mol. The zero-order valence-electron chi connectivity index (χ0n) is 7.73. The molecule has 0 aliphatic carbocycles. The van der Waals surface area contributed by atoms with Gasteiger partial charge in [0.05, 0.1) is 0 Å². The van der Waals surface area contributed by atoms with E-state index in [-0.39, 0.29) is 11.7 Å². The van der Waals surface area contributed by atoms with Gasteiger partial charge in [-0.05, 0) is 31.0 Å². The molecule has 1 atom stereocenters. The number of rotatable bonds is 4.